The van der Waals surface area contributed by atoms with Crippen LogP contribution >= 0.6 is 0 Å². The fraction of sp³-hybridized carbons (Fsp3) is 0.160. The van der Waals surface area contributed by atoms with Gasteiger partial charge in [-0.2, -0.15) is 5.10 Å². The Kier molecular flexibility index (Phi) is 6.28. The van der Waals surface area contributed by atoms with E-state index < -0.39 is 0 Å². The van der Waals surface area contributed by atoms with Crippen molar-refractivity contribution < 1.29 is 4.79 Å². The molecule has 0 aliphatic rings. The fourth-order valence-electron chi connectivity index (χ4n) is 3.44. The molecule has 0 aliphatic heterocycles. The Morgan fingerprint density at radius 1 is 1.12 bits per heavy atom. The SMILES string of the molecule is CN(C)C/C=C/C(=O)Nc1cccc(Cn2cc(-c3ccc4cn[nH]c4c3)ccc2=O)c1. The molecule has 4 rings (SSSR count). The fourth-order valence-corrected chi connectivity index (χ4v) is 3.44. The number of hydrogen-bond acceptors (Lipinski definition) is 4. The summed E-state index contributed by atoms with van der Waals surface area (Å²) in [5.74, 6) is -0.183. The van der Waals surface area contributed by atoms with Gasteiger partial charge in [-0.1, -0.05) is 30.3 Å². The summed E-state index contributed by atoms with van der Waals surface area (Å²) < 4.78 is 1.67. The minimum absolute atomic E-state index is 0.0857. The number of fused-ring (bicyclic) bond motifs is 1. The zero-order chi connectivity index (χ0) is 22.5. The lowest BCUT2D eigenvalue weighted by molar-refractivity contribution is -0.111. The molecule has 7 nitrogen and oxygen atoms in total. The number of rotatable bonds is 7. The van der Waals surface area contributed by atoms with Crippen LogP contribution in [0.15, 0.2) is 83.9 Å². The van der Waals surface area contributed by atoms with E-state index in [0.29, 0.717) is 18.8 Å². The lowest BCUT2D eigenvalue weighted by Crippen LogP contribution is -2.19. The van der Waals surface area contributed by atoms with Crippen LogP contribution in [0.5, 0.6) is 0 Å². The molecule has 0 fully saturated rings. The largest absolute Gasteiger partial charge is 0.323 e. The van der Waals surface area contributed by atoms with Crippen molar-refractivity contribution in [3.05, 3.63) is 95.1 Å². The second-order valence-corrected chi connectivity index (χ2v) is 7.91. The van der Waals surface area contributed by atoms with Gasteiger partial charge in [0.25, 0.3) is 5.56 Å². The summed E-state index contributed by atoms with van der Waals surface area (Å²) in [5, 5.41) is 10.9. The van der Waals surface area contributed by atoms with Crippen LogP contribution in [0.3, 0.4) is 0 Å². The summed E-state index contributed by atoms with van der Waals surface area (Å²) in [4.78, 5) is 26.6. The number of anilines is 1. The predicted octanol–water partition coefficient (Wildman–Crippen LogP) is 3.50. The van der Waals surface area contributed by atoms with Gasteiger partial charge in [0.2, 0.25) is 5.91 Å². The molecule has 2 N–H and O–H groups in total. The number of hydrogen-bond donors (Lipinski definition) is 2. The van der Waals surface area contributed by atoms with Crippen molar-refractivity contribution in [2.75, 3.05) is 26.0 Å². The van der Waals surface area contributed by atoms with Crippen LogP contribution in [-0.2, 0) is 11.3 Å². The molecule has 0 spiro atoms. The third-order valence-corrected chi connectivity index (χ3v) is 5.05. The molecule has 2 aromatic carbocycles. The zero-order valence-electron chi connectivity index (χ0n) is 18.1. The summed E-state index contributed by atoms with van der Waals surface area (Å²) >= 11 is 0. The van der Waals surface area contributed by atoms with E-state index in [4.69, 9.17) is 0 Å². The van der Waals surface area contributed by atoms with Gasteiger partial charge in [-0.3, -0.25) is 14.7 Å². The van der Waals surface area contributed by atoms with Crippen LogP contribution in [0.25, 0.3) is 22.0 Å². The van der Waals surface area contributed by atoms with Gasteiger partial charge in [-0.25, -0.2) is 0 Å². The van der Waals surface area contributed by atoms with Crippen molar-refractivity contribution in [1.82, 2.24) is 19.7 Å². The van der Waals surface area contributed by atoms with E-state index in [1.165, 1.54) is 6.08 Å². The number of pyridine rings is 1. The highest BCUT2D eigenvalue weighted by molar-refractivity contribution is 5.99. The standard InChI is InChI=1S/C25H25N5O2/c1-29(2)12-4-7-24(31)27-22-6-3-5-18(13-22)16-30-17-21(10-11-25(30)32)19-8-9-20-15-26-28-23(20)14-19/h3-11,13-15,17H,12,16H2,1-2H3,(H,26,28)(H,27,31)/b7-4+. The maximum absolute atomic E-state index is 12.5. The third-order valence-electron chi connectivity index (χ3n) is 5.05. The molecular weight excluding hydrogens is 402 g/mol. The van der Waals surface area contributed by atoms with Crippen LogP contribution in [0.2, 0.25) is 0 Å². The van der Waals surface area contributed by atoms with Gasteiger partial charge >= 0.3 is 0 Å². The number of H-pyrrole nitrogens is 1. The number of likely N-dealkylation sites (N-methyl/N-ethyl adjacent to an activating group) is 1. The molecule has 162 valence electrons. The minimum atomic E-state index is -0.183. The minimum Gasteiger partial charge on any atom is -0.323 e. The van der Waals surface area contributed by atoms with Gasteiger partial charge in [0.1, 0.15) is 0 Å². The number of carbonyl (C=O) groups is 1. The van der Waals surface area contributed by atoms with Crippen molar-refractivity contribution in [3.63, 3.8) is 0 Å². The molecule has 32 heavy (non-hydrogen) atoms. The first-order chi connectivity index (χ1) is 15.5. The van der Waals surface area contributed by atoms with Gasteiger partial charge in [0, 0.05) is 36.0 Å². The van der Waals surface area contributed by atoms with Gasteiger partial charge < -0.3 is 14.8 Å². The highest BCUT2D eigenvalue weighted by atomic mass is 16.1. The van der Waals surface area contributed by atoms with Crippen LogP contribution in [0.1, 0.15) is 5.56 Å². The van der Waals surface area contributed by atoms with Crippen LogP contribution in [0.4, 0.5) is 5.69 Å². The molecule has 0 bridgehead atoms. The Morgan fingerprint density at radius 3 is 2.81 bits per heavy atom. The number of nitrogens with zero attached hydrogens (tertiary/aromatic N) is 3. The molecule has 0 radical (unpaired) electrons. The van der Waals surface area contributed by atoms with Crippen molar-refractivity contribution in [3.8, 4) is 11.1 Å². The summed E-state index contributed by atoms with van der Waals surface area (Å²) in [6.07, 6.45) is 6.97. The molecule has 7 heteroatoms. The van der Waals surface area contributed by atoms with Gasteiger partial charge in [-0.05, 0) is 55.1 Å². The number of benzene rings is 2. The highest BCUT2D eigenvalue weighted by Crippen LogP contribution is 2.22. The van der Waals surface area contributed by atoms with E-state index in [2.05, 4.69) is 15.5 Å². The van der Waals surface area contributed by atoms with Gasteiger partial charge in [0.15, 0.2) is 0 Å². The average molecular weight is 428 g/mol. The summed E-state index contributed by atoms with van der Waals surface area (Å²) in [6.45, 7) is 1.10. The lowest BCUT2D eigenvalue weighted by atomic mass is 10.1. The zero-order valence-corrected chi connectivity index (χ0v) is 18.1. The first kappa shape index (κ1) is 21.3. The molecule has 2 aromatic heterocycles. The molecular formula is C25H25N5O2. The predicted molar refractivity (Wildman–Crippen MR) is 128 cm³/mol. The van der Waals surface area contributed by atoms with E-state index in [1.807, 2.05) is 79.8 Å². The molecule has 2 heterocycles. The summed E-state index contributed by atoms with van der Waals surface area (Å²) in [6, 6.07) is 17.0. The third kappa shape index (κ3) is 5.19. The van der Waals surface area contributed by atoms with E-state index in [0.717, 1.165) is 27.6 Å². The van der Waals surface area contributed by atoms with E-state index in [1.54, 1.807) is 16.8 Å². The number of carbonyl (C=O) groups excluding carboxylic acids is 1. The highest BCUT2D eigenvalue weighted by Gasteiger charge is 2.06. The number of aromatic amines is 1. The van der Waals surface area contributed by atoms with E-state index >= 15 is 0 Å². The van der Waals surface area contributed by atoms with E-state index in [-0.39, 0.29) is 11.5 Å². The van der Waals surface area contributed by atoms with Crippen molar-refractivity contribution in [2.24, 2.45) is 0 Å². The summed E-state index contributed by atoms with van der Waals surface area (Å²) in [7, 11) is 3.89. The second-order valence-electron chi connectivity index (χ2n) is 7.91. The van der Waals surface area contributed by atoms with Crippen LogP contribution < -0.4 is 10.9 Å². The monoisotopic (exact) mass is 427 g/mol. The Balaban J connectivity index is 1.52. The Labute approximate surface area is 186 Å². The van der Waals surface area contributed by atoms with Crippen LogP contribution in [-0.4, -0.2) is 46.2 Å². The Hall–Kier alpha value is -3.97. The molecule has 0 unspecified atom stereocenters. The maximum atomic E-state index is 12.5. The van der Waals surface area contributed by atoms with Crippen LogP contribution in [0, 0.1) is 0 Å². The number of nitrogens with one attached hydrogen (secondary N) is 2. The average Bonchev–Trinajstić information content (AvgIpc) is 3.23. The molecule has 0 aliphatic carbocycles. The molecule has 1 amide bonds. The summed E-state index contributed by atoms with van der Waals surface area (Å²) in [5.41, 5.74) is 4.41. The van der Waals surface area contributed by atoms with Crippen molar-refractivity contribution >= 4 is 22.5 Å². The number of amides is 1. The molecule has 0 atom stereocenters. The van der Waals surface area contributed by atoms with Crippen molar-refractivity contribution in [1.29, 1.82) is 0 Å². The topological polar surface area (TPSA) is 83.0 Å². The Morgan fingerprint density at radius 2 is 1.97 bits per heavy atom. The smallest absolute Gasteiger partial charge is 0.250 e. The van der Waals surface area contributed by atoms with E-state index in [9.17, 15) is 9.59 Å². The normalized spacial score (nSPS) is 11.5. The maximum Gasteiger partial charge on any atom is 0.250 e. The Bertz CT molecular complexity index is 1330. The molecule has 0 saturated carbocycles. The van der Waals surface area contributed by atoms with Crippen molar-refractivity contribution in [2.45, 2.75) is 6.54 Å². The number of aromatic nitrogens is 3. The lowest BCUT2D eigenvalue weighted by Gasteiger charge is -2.10. The first-order valence-electron chi connectivity index (χ1n) is 10.3. The molecule has 0 saturated heterocycles. The first-order valence-corrected chi connectivity index (χ1v) is 10.3. The van der Waals surface area contributed by atoms with Gasteiger partial charge in [-0.15, -0.1) is 0 Å². The molecule has 4 aromatic rings. The quantitative estimate of drug-likeness (QED) is 0.442. The second kappa shape index (κ2) is 9.45. The van der Waals surface area contributed by atoms with Gasteiger partial charge in [0.05, 0.1) is 18.3 Å².